The molecule has 3 amide bonds. The van der Waals surface area contributed by atoms with Crippen LogP contribution in [-0.4, -0.2) is 85.9 Å². The maximum absolute atomic E-state index is 13.5. The molecule has 24 nitrogen and oxygen atoms in total. The van der Waals surface area contributed by atoms with E-state index in [1.165, 1.54) is 33.7 Å². The van der Waals surface area contributed by atoms with Gasteiger partial charge in [0.1, 0.15) is 30.5 Å². The molecule has 428 valence electrons. The Morgan fingerprint density at radius 1 is 0.590 bits per heavy atom. The number of nitrogens with zero attached hydrogens (tertiary/aromatic N) is 4. The third-order valence-corrected chi connectivity index (χ3v) is 12.7. The minimum absolute atomic E-state index is 0.0385. The van der Waals surface area contributed by atoms with Crippen LogP contribution < -0.4 is 59.6 Å². The molecule has 0 saturated heterocycles. The molecule has 0 unspecified atom stereocenters. The zero-order chi connectivity index (χ0) is 59.2. The van der Waals surface area contributed by atoms with E-state index in [4.69, 9.17) is 42.2 Å². The number of anilines is 4. The maximum atomic E-state index is 13.5. The van der Waals surface area contributed by atoms with E-state index in [9.17, 15) is 33.6 Å². The lowest BCUT2D eigenvalue weighted by Gasteiger charge is -2.16. The monoisotopic (exact) mass is 1130 g/mol. The summed E-state index contributed by atoms with van der Waals surface area (Å²) in [5.41, 5.74) is 21.8. The molecule has 2 fully saturated rings. The summed E-state index contributed by atoms with van der Waals surface area (Å²) >= 11 is 0. The largest absolute Gasteiger partial charge is 0.462 e. The van der Waals surface area contributed by atoms with E-state index >= 15 is 0 Å². The molecular weight excluding hydrogens is 1060 g/mol. The maximum Gasteiger partial charge on any atom is 0.418 e. The zero-order valence-electron chi connectivity index (χ0n) is 45.5. The van der Waals surface area contributed by atoms with Gasteiger partial charge in [0.15, 0.2) is 11.6 Å². The van der Waals surface area contributed by atoms with Crippen molar-refractivity contribution in [1.82, 2.24) is 35.1 Å². The lowest BCUT2D eigenvalue weighted by molar-refractivity contribution is -0.122. The molecular formula is C59H62N14O10. The zero-order valence-corrected chi connectivity index (χ0v) is 45.5. The molecule has 2 aromatic heterocycles. The van der Waals surface area contributed by atoms with Crippen LogP contribution in [0.2, 0.25) is 0 Å². The van der Waals surface area contributed by atoms with Gasteiger partial charge >= 0.3 is 18.0 Å². The lowest BCUT2D eigenvalue weighted by atomic mass is 10.1. The number of esters is 2. The van der Waals surface area contributed by atoms with E-state index in [0.29, 0.717) is 45.1 Å². The number of carbonyl (C=O) groups excluding carboxylic acids is 5. The molecule has 9 rings (SSSR count). The highest BCUT2D eigenvalue weighted by atomic mass is 16.6. The molecule has 5 aromatic carbocycles. The van der Waals surface area contributed by atoms with Gasteiger partial charge in [0, 0.05) is 58.8 Å². The second-order valence-electron chi connectivity index (χ2n) is 19.3. The van der Waals surface area contributed by atoms with Crippen molar-refractivity contribution in [3.05, 3.63) is 182 Å². The second kappa shape index (κ2) is 27.0. The van der Waals surface area contributed by atoms with Gasteiger partial charge in [0.05, 0.1) is 48.1 Å². The fourth-order valence-electron chi connectivity index (χ4n) is 8.24. The fourth-order valence-corrected chi connectivity index (χ4v) is 8.24. The van der Waals surface area contributed by atoms with Crippen LogP contribution in [-0.2, 0) is 45.2 Å². The Morgan fingerprint density at radius 3 is 1.43 bits per heavy atom. The fraction of sp³-hybridized carbons (Fsp3) is 0.237. The van der Waals surface area contributed by atoms with Crippen LogP contribution in [0.3, 0.4) is 0 Å². The Kier molecular flexibility index (Phi) is 19.0. The number of nitrogens with two attached hydrogens (primary N) is 3. The molecule has 0 spiro atoms. The molecule has 13 N–H and O–H groups in total. The van der Waals surface area contributed by atoms with Gasteiger partial charge in [-0.15, -0.1) is 0 Å². The molecule has 0 aliphatic heterocycles. The average molecular weight is 1130 g/mol. The number of amides is 3. The average Bonchev–Trinajstić information content (AvgIpc) is 4.61. The summed E-state index contributed by atoms with van der Waals surface area (Å²) in [7, 11) is 0. The number of hydrogen-bond acceptors (Lipinski definition) is 18. The van der Waals surface area contributed by atoms with Crippen LogP contribution in [0.5, 0.6) is 5.75 Å². The summed E-state index contributed by atoms with van der Waals surface area (Å²) < 4.78 is 18.0. The van der Waals surface area contributed by atoms with E-state index in [1.807, 2.05) is 0 Å². The first-order valence-corrected chi connectivity index (χ1v) is 26.5. The standard InChI is InChI=1S/C33H33N7O6.C26H29N7O4/c1-2-45-32(43)23-14-22(15-24(34)16-23)27-18-37-30(38-25-12-13-25)31(42)40(27)19-28(41)36-17-20-8-10-21(11-9-20)29(35)39-33(44)46-26-6-4-3-5-7-26;1-2-37-26(36)18-9-17(10-19(27)11-18)21-13-31-24(32-20-7-8-20)25(35)33(21)14-22(34)30-12-15-3-5-16(6-4-15)23(28)29/h3-11,14-16,18,25H,2,12-13,17,19,34H2,1H3,(H,36,41)(H,37,38)(H2,35,39,44);3-6,9-11,13,20H,2,7-8,12,14,27H2,1H3,(H3,28,29)(H,30,34)(H,31,32). The Balaban J connectivity index is 0.000000222. The van der Waals surface area contributed by atoms with Crippen molar-refractivity contribution in [3.63, 3.8) is 0 Å². The quantitative estimate of drug-likeness (QED) is 0.0183. The highest BCUT2D eigenvalue weighted by Crippen LogP contribution is 2.28. The topological polar surface area (TPSA) is 369 Å². The Labute approximate surface area is 475 Å². The van der Waals surface area contributed by atoms with Crippen molar-refractivity contribution in [3.8, 4) is 28.3 Å². The molecule has 0 radical (unpaired) electrons. The first-order valence-electron chi connectivity index (χ1n) is 26.5. The normalized spacial score (nSPS) is 12.3. The number of para-hydroxylation sites is 1. The predicted molar refractivity (Wildman–Crippen MR) is 312 cm³/mol. The van der Waals surface area contributed by atoms with Crippen LogP contribution in [0.1, 0.15) is 82.5 Å². The van der Waals surface area contributed by atoms with Gasteiger partial charge in [0.2, 0.25) is 11.8 Å². The number of nitrogen functional groups attached to an aromatic ring is 3. The number of hydrogen-bond donors (Lipinski definition) is 10. The minimum atomic E-state index is -0.788. The van der Waals surface area contributed by atoms with Crippen molar-refractivity contribution in [2.75, 3.05) is 35.3 Å². The van der Waals surface area contributed by atoms with E-state index in [1.54, 1.807) is 117 Å². The van der Waals surface area contributed by atoms with E-state index in [0.717, 1.165) is 36.8 Å². The Hall–Kier alpha value is -10.7. The predicted octanol–water partition coefficient (Wildman–Crippen LogP) is 5.52. The first kappa shape index (κ1) is 58.5. The third-order valence-electron chi connectivity index (χ3n) is 12.7. The molecule has 0 bridgehead atoms. The third kappa shape index (κ3) is 16.2. The Bertz CT molecular complexity index is 3690. The minimum Gasteiger partial charge on any atom is -0.462 e. The molecule has 2 aliphatic rings. The van der Waals surface area contributed by atoms with E-state index < -0.39 is 41.0 Å². The van der Waals surface area contributed by atoms with Gasteiger partial charge in [-0.25, -0.2) is 24.4 Å². The Morgan fingerprint density at radius 2 is 1.02 bits per heavy atom. The SMILES string of the molecule is CCOC(=O)c1cc(N)cc(-c2cnc(NC3CC3)c(=O)n2CC(=O)NCc2ccc(C(=N)N)cc2)c1.CCOC(=O)c1cc(N)cc(-c2cnc(NC3CC3)c(=O)n2CC(=O)NCc2ccc(C(=N)NC(=O)Oc3ccccc3)cc2)c1. The smallest absolute Gasteiger partial charge is 0.418 e. The highest BCUT2D eigenvalue weighted by molar-refractivity contribution is 6.05. The van der Waals surface area contributed by atoms with Gasteiger partial charge in [-0.1, -0.05) is 66.7 Å². The second-order valence-corrected chi connectivity index (χ2v) is 19.3. The summed E-state index contributed by atoms with van der Waals surface area (Å²) in [4.78, 5) is 98.3. The summed E-state index contributed by atoms with van der Waals surface area (Å²) in [5, 5.41) is 29.9. The molecule has 83 heavy (non-hydrogen) atoms. The summed E-state index contributed by atoms with van der Waals surface area (Å²) in [6, 6.07) is 31.7. The van der Waals surface area contributed by atoms with Gasteiger partial charge in [-0.3, -0.25) is 44.4 Å². The van der Waals surface area contributed by atoms with Crippen LogP contribution >= 0.6 is 0 Å². The molecule has 2 heterocycles. The van der Waals surface area contributed by atoms with Crippen molar-refractivity contribution in [1.29, 1.82) is 10.8 Å². The molecule has 24 heteroatoms. The summed E-state index contributed by atoms with van der Waals surface area (Å²) in [5.74, 6) is -1.48. The van der Waals surface area contributed by atoms with Gasteiger partial charge in [0.25, 0.3) is 11.1 Å². The number of amidine groups is 2. The van der Waals surface area contributed by atoms with Crippen molar-refractivity contribution < 1.29 is 38.2 Å². The van der Waals surface area contributed by atoms with E-state index in [2.05, 4.69) is 36.6 Å². The van der Waals surface area contributed by atoms with Crippen molar-refractivity contribution >= 4 is 64.5 Å². The van der Waals surface area contributed by atoms with Gasteiger partial charge in [-0.05, 0) is 99.2 Å². The lowest BCUT2D eigenvalue weighted by Crippen LogP contribution is -2.34. The van der Waals surface area contributed by atoms with Crippen LogP contribution in [0.15, 0.2) is 137 Å². The number of nitrogens with one attached hydrogen (secondary N) is 7. The van der Waals surface area contributed by atoms with Crippen molar-refractivity contribution in [2.45, 2.75) is 77.8 Å². The molecule has 7 aromatic rings. The number of ether oxygens (including phenoxy) is 3. The number of rotatable bonds is 21. The van der Waals surface area contributed by atoms with Gasteiger partial charge in [-0.2, -0.15) is 0 Å². The van der Waals surface area contributed by atoms with Crippen LogP contribution in [0.25, 0.3) is 22.5 Å². The van der Waals surface area contributed by atoms with E-state index in [-0.39, 0.29) is 91.6 Å². The summed E-state index contributed by atoms with van der Waals surface area (Å²) in [6.45, 7) is 3.56. The van der Waals surface area contributed by atoms with Crippen LogP contribution in [0, 0.1) is 10.8 Å². The molecule has 2 aliphatic carbocycles. The first-order chi connectivity index (χ1) is 39.9. The summed E-state index contributed by atoms with van der Waals surface area (Å²) in [6.07, 6.45) is 5.92. The van der Waals surface area contributed by atoms with Crippen molar-refractivity contribution in [2.24, 2.45) is 5.73 Å². The number of aromatic nitrogens is 4. The van der Waals surface area contributed by atoms with Gasteiger partial charge < -0.3 is 52.7 Å². The molecule has 2 saturated carbocycles. The molecule has 0 atom stereocenters. The van der Waals surface area contributed by atoms with Crippen LogP contribution in [0.4, 0.5) is 27.8 Å². The number of carbonyl (C=O) groups is 5. The highest BCUT2D eigenvalue weighted by Gasteiger charge is 2.26. The number of benzene rings is 5.